The highest BCUT2D eigenvalue weighted by molar-refractivity contribution is 5.92. The van der Waals surface area contributed by atoms with E-state index in [0.717, 1.165) is 62.9 Å². The molecule has 0 bridgehead atoms. The molecule has 0 aliphatic carbocycles. The summed E-state index contributed by atoms with van der Waals surface area (Å²) >= 11 is 0. The summed E-state index contributed by atoms with van der Waals surface area (Å²) in [6.45, 7) is 3.43. The van der Waals surface area contributed by atoms with Crippen LogP contribution in [0.4, 0.5) is 5.82 Å². The highest BCUT2D eigenvalue weighted by atomic mass is 16.2. The molecular weight excluding hydrogens is 418 g/mol. The number of para-hydroxylation sites is 2. The number of aromatic nitrogens is 4. The normalized spacial score (nSPS) is 18.7. The summed E-state index contributed by atoms with van der Waals surface area (Å²) < 4.78 is 1.94. The molecular formula is C24H31N7O2. The molecule has 33 heavy (non-hydrogen) atoms. The highest BCUT2D eigenvalue weighted by Gasteiger charge is 2.31. The molecule has 0 spiro atoms. The summed E-state index contributed by atoms with van der Waals surface area (Å²) in [4.78, 5) is 43.4. The number of hydrogen-bond acceptors (Lipinski definition) is 6. The van der Waals surface area contributed by atoms with E-state index in [-0.39, 0.29) is 17.6 Å². The molecule has 1 aromatic carbocycles. The van der Waals surface area contributed by atoms with Gasteiger partial charge in [0, 0.05) is 52.4 Å². The quantitative estimate of drug-likeness (QED) is 0.656. The standard InChI is InChI=1S/C24H31N7O2/c1-28(2)22-16-25-15-20(26-22)23(32)30-13-7-17(8-14-30)29-11-9-18(10-12-29)31-21-6-4-3-5-19(21)27-24(31)33/h3-6,15-18H,7-14H2,1-2H3,(H,27,33). The molecule has 2 aromatic heterocycles. The Balaban J connectivity index is 1.17. The Morgan fingerprint density at radius 1 is 1.00 bits per heavy atom. The third kappa shape index (κ3) is 4.25. The van der Waals surface area contributed by atoms with E-state index in [1.807, 2.05) is 52.7 Å². The van der Waals surface area contributed by atoms with Crippen LogP contribution in [0.1, 0.15) is 42.2 Å². The molecule has 0 radical (unpaired) electrons. The second-order valence-corrected chi connectivity index (χ2v) is 9.26. The number of benzene rings is 1. The average molecular weight is 450 g/mol. The molecule has 1 amide bonds. The molecule has 2 aliphatic heterocycles. The molecule has 2 fully saturated rings. The van der Waals surface area contributed by atoms with Gasteiger partial charge in [0.25, 0.3) is 5.91 Å². The number of nitrogens with one attached hydrogen (secondary N) is 1. The minimum Gasteiger partial charge on any atom is -0.361 e. The second kappa shape index (κ2) is 8.97. The van der Waals surface area contributed by atoms with Gasteiger partial charge in [0.2, 0.25) is 0 Å². The van der Waals surface area contributed by atoms with Gasteiger partial charge < -0.3 is 19.7 Å². The Morgan fingerprint density at radius 2 is 1.70 bits per heavy atom. The van der Waals surface area contributed by atoms with Crippen molar-refractivity contribution in [3.63, 3.8) is 0 Å². The van der Waals surface area contributed by atoms with Gasteiger partial charge in [-0.15, -0.1) is 0 Å². The lowest BCUT2D eigenvalue weighted by Crippen LogP contribution is -2.49. The van der Waals surface area contributed by atoms with Crippen molar-refractivity contribution < 1.29 is 4.79 Å². The van der Waals surface area contributed by atoms with Crippen molar-refractivity contribution in [3.8, 4) is 0 Å². The molecule has 2 saturated heterocycles. The van der Waals surface area contributed by atoms with Crippen molar-refractivity contribution >= 4 is 22.8 Å². The topological polar surface area (TPSA) is 90.4 Å². The number of imidazole rings is 1. The highest BCUT2D eigenvalue weighted by Crippen LogP contribution is 2.28. The van der Waals surface area contributed by atoms with E-state index in [2.05, 4.69) is 19.9 Å². The Morgan fingerprint density at radius 3 is 2.42 bits per heavy atom. The Labute approximate surface area is 193 Å². The summed E-state index contributed by atoms with van der Waals surface area (Å²) in [7, 11) is 3.78. The van der Waals surface area contributed by atoms with Crippen molar-refractivity contribution in [2.75, 3.05) is 45.2 Å². The van der Waals surface area contributed by atoms with Gasteiger partial charge in [-0.1, -0.05) is 12.1 Å². The average Bonchev–Trinajstić information content (AvgIpc) is 3.19. The van der Waals surface area contributed by atoms with E-state index in [0.29, 0.717) is 17.6 Å². The first-order chi connectivity index (χ1) is 16.0. The summed E-state index contributed by atoms with van der Waals surface area (Å²) in [5.74, 6) is 0.648. The number of amides is 1. The fourth-order valence-electron chi connectivity index (χ4n) is 5.22. The molecule has 174 valence electrons. The zero-order chi connectivity index (χ0) is 22.9. The number of anilines is 1. The van der Waals surface area contributed by atoms with E-state index < -0.39 is 0 Å². The SMILES string of the molecule is CN(C)c1cncc(C(=O)N2CCC(N3CCC(n4c(=O)[nH]c5ccccc54)CC3)CC2)n1. The number of carbonyl (C=O) groups is 1. The van der Waals surface area contributed by atoms with E-state index in [1.54, 1.807) is 12.4 Å². The van der Waals surface area contributed by atoms with Crippen LogP contribution in [0, 0.1) is 0 Å². The number of piperidine rings is 2. The monoisotopic (exact) mass is 449 g/mol. The molecule has 0 saturated carbocycles. The summed E-state index contributed by atoms with van der Waals surface area (Å²) in [5.41, 5.74) is 2.30. The number of aromatic amines is 1. The zero-order valence-electron chi connectivity index (χ0n) is 19.3. The van der Waals surface area contributed by atoms with Crippen LogP contribution in [-0.4, -0.2) is 81.5 Å². The number of H-pyrrole nitrogens is 1. The number of rotatable bonds is 4. The number of hydrogen-bond donors (Lipinski definition) is 1. The predicted octanol–water partition coefficient (Wildman–Crippen LogP) is 2.13. The van der Waals surface area contributed by atoms with E-state index in [1.165, 1.54) is 0 Å². The van der Waals surface area contributed by atoms with Gasteiger partial charge in [-0.05, 0) is 37.8 Å². The fourth-order valence-corrected chi connectivity index (χ4v) is 5.22. The Hall–Kier alpha value is -3.20. The fraction of sp³-hybridized carbons (Fsp3) is 0.500. The first-order valence-corrected chi connectivity index (χ1v) is 11.7. The third-order valence-corrected chi connectivity index (χ3v) is 7.06. The van der Waals surface area contributed by atoms with Gasteiger partial charge in [0.15, 0.2) is 0 Å². The Bertz CT molecular complexity index is 1180. The predicted molar refractivity (Wildman–Crippen MR) is 128 cm³/mol. The lowest BCUT2D eigenvalue weighted by atomic mass is 9.97. The lowest BCUT2D eigenvalue weighted by molar-refractivity contribution is 0.0553. The first kappa shape index (κ1) is 21.6. The van der Waals surface area contributed by atoms with Crippen molar-refractivity contribution in [3.05, 3.63) is 52.8 Å². The van der Waals surface area contributed by atoms with E-state index >= 15 is 0 Å². The molecule has 1 N–H and O–H groups in total. The summed E-state index contributed by atoms with van der Waals surface area (Å²) in [5, 5.41) is 0. The molecule has 2 aliphatic rings. The summed E-state index contributed by atoms with van der Waals surface area (Å²) in [6.07, 6.45) is 7.08. The minimum absolute atomic E-state index is 0.0112. The first-order valence-electron chi connectivity index (χ1n) is 11.7. The van der Waals surface area contributed by atoms with Gasteiger partial charge in [0.1, 0.15) is 11.5 Å². The van der Waals surface area contributed by atoms with Gasteiger partial charge in [-0.2, -0.15) is 0 Å². The number of likely N-dealkylation sites (tertiary alicyclic amines) is 2. The maximum atomic E-state index is 12.9. The maximum absolute atomic E-state index is 12.9. The molecule has 5 rings (SSSR count). The molecule has 3 aromatic rings. The third-order valence-electron chi connectivity index (χ3n) is 7.06. The summed E-state index contributed by atoms with van der Waals surface area (Å²) in [6, 6.07) is 8.63. The lowest BCUT2D eigenvalue weighted by Gasteiger charge is -2.41. The molecule has 9 nitrogen and oxygen atoms in total. The number of carbonyl (C=O) groups excluding carboxylic acids is 1. The van der Waals surface area contributed by atoms with Crippen LogP contribution in [0.5, 0.6) is 0 Å². The van der Waals surface area contributed by atoms with Crippen LogP contribution in [0.15, 0.2) is 41.5 Å². The van der Waals surface area contributed by atoms with Crippen molar-refractivity contribution in [1.29, 1.82) is 0 Å². The van der Waals surface area contributed by atoms with Crippen LogP contribution < -0.4 is 10.6 Å². The van der Waals surface area contributed by atoms with Crippen LogP contribution in [0.25, 0.3) is 11.0 Å². The molecule has 0 atom stereocenters. The van der Waals surface area contributed by atoms with Crippen LogP contribution in [0.3, 0.4) is 0 Å². The van der Waals surface area contributed by atoms with Crippen molar-refractivity contribution in [1.82, 2.24) is 29.3 Å². The minimum atomic E-state index is -0.0398. The zero-order valence-corrected chi connectivity index (χ0v) is 19.3. The van der Waals surface area contributed by atoms with Gasteiger partial charge in [0.05, 0.1) is 23.4 Å². The molecule has 0 unspecified atom stereocenters. The van der Waals surface area contributed by atoms with Crippen LogP contribution in [-0.2, 0) is 0 Å². The van der Waals surface area contributed by atoms with Crippen LogP contribution >= 0.6 is 0 Å². The van der Waals surface area contributed by atoms with Crippen molar-refractivity contribution in [2.45, 2.75) is 37.8 Å². The Kier molecular flexibility index (Phi) is 5.88. The molecule has 9 heteroatoms. The van der Waals surface area contributed by atoms with Gasteiger partial charge in [-0.3, -0.25) is 14.3 Å². The van der Waals surface area contributed by atoms with Gasteiger partial charge in [-0.25, -0.2) is 9.78 Å². The number of nitrogens with zero attached hydrogens (tertiary/aromatic N) is 6. The van der Waals surface area contributed by atoms with Gasteiger partial charge >= 0.3 is 5.69 Å². The van der Waals surface area contributed by atoms with Crippen molar-refractivity contribution in [2.24, 2.45) is 0 Å². The largest absolute Gasteiger partial charge is 0.361 e. The number of fused-ring (bicyclic) bond motifs is 1. The van der Waals surface area contributed by atoms with E-state index in [9.17, 15) is 9.59 Å². The molecule has 4 heterocycles. The maximum Gasteiger partial charge on any atom is 0.326 e. The smallest absolute Gasteiger partial charge is 0.326 e. The van der Waals surface area contributed by atoms with Crippen LogP contribution in [0.2, 0.25) is 0 Å². The van der Waals surface area contributed by atoms with E-state index in [4.69, 9.17) is 0 Å². The second-order valence-electron chi connectivity index (χ2n) is 9.26.